The van der Waals surface area contributed by atoms with E-state index in [9.17, 15) is 9.59 Å². The molecule has 0 radical (unpaired) electrons. The number of nitrogens with one attached hydrogen (secondary N) is 1. The van der Waals surface area contributed by atoms with Crippen molar-refractivity contribution < 1.29 is 14.3 Å². The molecule has 4 rings (SSSR count). The molecule has 0 saturated heterocycles. The van der Waals surface area contributed by atoms with Crippen LogP contribution in [-0.2, 0) is 16.1 Å². The molecule has 0 atom stereocenters. The maximum Gasteiger partial charge on any atom is 0.345 e. The molecule has 2 aromatic carbocycles. The van der Waals surface area contributed by atoms with Crippen LogP contribution in [0.5, 0.6) is 0 Å². The molecule has 8 heteroatoms. The largest absolute Gasteiger partial charge is 0.462 e. The number of ether oxygens (including phenoxy) is 2. The summed E-state index contributed by atoms with van der Waals surface area (Å²) < 4.78 is 11.5. The van der Waals surface area contributed by atoms with Crippen LogP contribution in [-0.4, -0.2) is 34.3 Å². The van der Waals surface area contributed by atoms with Gasteiger partial charge in [0.2, 0.25) is 0 Å². The smallest absolute Gasteiger partial charge is 0.345 e. The molecule has 0 aliphatic carbocycles. The maximum absolute atomic E-state index is 12.8. The van der Waals surface area contributed by atoms with Crippen molar-refractivity contribution in [2.24, 2.45) is 0 Å². The predicted octanol–water partition coefficient (Wildman–Crippen LogP) is 4.16. The summed E-state index contributed by atoms with van der Waals surface area (Å²) in [5, 5.41) is 3.03. The Balaban J connectivity index is 1.75. The van der Waals surface area contributed by atoms with Crippen molar-refractivity contribution in [3.8, 4) is 11.1 Å². The molecule has 158 valence electrons. The SMILES string of the molecule is CCOC(=O)c1cnc2c(-c3ccc(Sc4ccccc4)cc3)c(COC)[nH]n2c1=O. The highest BCUT2D eigenvalue weighted by Crippen LogP contribution is 2.32. The Labute approximate surface area is 183 Å². The number of rotatable bonds is 7. The van der Waals surface area contributed by atoms with Gasteiger partial charge >= 0.3 is 5.97 Å². The van der Waals surface area contributed by atoms with Gasteiger partial charge in [-0.25, -0.2) is 9.78 Å². The molecule has 0 aliphatic rings. The van der Waals surface area contributed by atoms with Gasteiger partial charge in [-0.3, -0.25) is 9.89 Å². The van der Waals surface area contributed by atoms with E-state index in [-0.39, 0.29) is 18.8 Å². The predicted molar refractivity (Wildman–Crippen MR) is 118 cm³/mol. The van der Waals surface area contributed by atoms with Crippen molar-refractivity contribution in [3.05, 3.63) is 82.4 Å². The molecule has 0 saturated carbocycles. The van der Waals surface area contributed by atoms with E-state index in [1.54, 1.807) is 25.8 Å². The summed E-state index contributed by atoms with van der Waals surface area (Å²) in [4.78, 5) is 31.6. The van der Waals surface area contributed by atoms with E-state index in [1.807, 2.05) is 42.5 Å². The molecule has 2 heterocycles. The lowest BCUT2D eigenvalue weighted by Gasteiger charge is -2.06. The standard InChI is InChI=1S/C23H21N3O4S/c1-3-30-23(28)18-13-24-21-20(19(14-29-2)25-26(21)22(18)27)15-9-11-17(12-10-15)31-16-7-5-4-6-8-16/h4-13,25H,3,14H2,1-2H3. The van der Waals surface area contributed by atoms with Crippen molar-refractivity contribution in [3.63, 3.8) is 0 Å². The number of hydrogen-bond acceptors (Lipinski definition) is 6. The first-order valence-corrected chi connectivity index (χ1v) is 10.6. The number of aromatic amines is 1. The van der Waals surface area contributed by atoms with Crippen molar-refractivity contribution in [2.45, 2.75) is 23.3 Å². The number of benzene rings is 2. The summed E-state index contributed by atoms with van der Waals surface area (Å²) in [6, 6.07) is 18.2. The molecule has 7 nitrogen and oxygen atoms in total. The minimum absolute atomic E-state index is 0.120. The van der Waals surface area contributed by atoms with Gasteiger partial charge in [-0.05, 0) is 36.8 Å². The summed E-state index contributed by atoms with van der Waals surface area (Å²) in [5.41, 5.74) is 2.13. The van der Waals surface area contributed by atoms with Gasteiger partial charge in [0.05, 0.1) is 18.9 Å². The summed E-state index contributed by atoms with van der Waals surface area (Å²) >= 11 is 1.67. The molecular weight excluding hydrogens is 414 g/mol. The lowest BCUT2D eigenvalue weighted by molar-refractivity contribution is 0.0523. The zero-order chi connectivity index (χ0) is 21.8. The van der Waals surface area contributed by atoms with Crippen molar-refractivity contribution in [2.75, 3.05) is 13.7 Å². The van der Waals surface area contributed by atoms with Gasteiger partial charge in [0.15, 0.2) is 5.65 Å². The van der Waals surface area contributed by atoms with E-state index in [2.05, 4.69) is 22.2 Å². The van der Waals surface area contributed by atoms with Crippen LogP contribution < -0.4 is 5.56 Å². The highest BCUT2D eigenvalue weighted by atomic mass is 32.2. The normalized spacial score (nSPS) is 11.0. The monoisotopic (exact) mass is 435 g/mol. The Kier molecular flexibility index (Phi) is 6.20. The van der Waals surface area contributed by atoms with Crippen LogP contribution in [0.2, 0.25) is 0 Å². The van der Waals surface area contributed by atoms with Gasteiger partial charge in [0, 0.05) is 28.7 Å². The average molecular weight is 436 g/mol. The summed E-state index contributed by atoms with van der Waals surface area (Å²) in [7, 11) is 1.58. The first-order chi connectivity index (χ1) is 15.1. The summed E-state index contributed by atoms with van der Waals surface area (Å²) in [5.74, 6) is -0.693. The molecule has 31 heavy (non-hydrogen) atoms. The van der Waals surface area contributed by atoms with Gasteiger partial charge in [-0.1, -0.05) is 42.1 Å². The molecule has 0 bridgehead atoms. The maximum atomic E-state index is 12.8. The molecular formula is C23H21N3O4S. The fraction of sp³-hybridized carbons (Fsp3) is 0.174. The number of hydrogen-bond donors (Lipinski definition) is 1. The molecule has 1 N–H and O–H groups in total. The third kappa shape index (κ3) is 4.26. The number of fused-ring (bicyclic) bond motifs is 1. The minimum Gasteiger partial charge on any atom is -0.462 e. The summed E-state index contributed by atoms with van der Waals surface area (Å²) in [6.45, 7) is 2.12. The van der Waals surface area contributed by atoms with Crippen LogP contribution >= 0.6 is 11.8 Å². The van der Waals surface area contributed by atoms with E-state index < -0.39 is 11.5 Å². The zero-order valence-corrected chi connectivity index (χ0v) is 17.9. The van der Waals surface area contributed by atoms with E-state index in [4.69, 9.17) is 9.47 Å². The highest BCUT2D eigenvalue weighted by Gasteiger charge is 2.20. The molecule has 0 amide bonds. The van der Waals surface area contributed by atoms with Crippen LogP contribution in [0, 0.1) is 0 Å². The second-order valence-corrected chi connectivity index (χ2v) is 7.84. The fourth-order valence-corrected chi connectivity index (χ4v) is 4.11. The van der Waals surface area contributed by atoms with Gasteiger partial charge < -0.3 is 9.47 Å². The van der Waals surface area contributed by atoms with E-state index in [0.717, 1.165) is 20.9 Å². The molecule has 0 unspecified atom stereocenters. The lowest BCUT2D eigenvalue weighted by Crippen LogP contribution is -2.24. The van der Waals surface area contributed by atoms with Crippen molar-refractivity contribution in [1.82, 2.24) is 14.6 Å². The quantitative estimate of drug-likeness (QED) is 0.439. The van der Waals surface area contributed by atoms with Crippen LogP contribution in [0.3, 0.4) is 0 Å². The summed E-state index contributed by atoms with van der Waals surface area (Å²) in [6.07, 6.45) is 1.27. The molecule has 0 fully saturated rings. The van der Waals surface area contributed by atoms with Crippen LogP contribution in [0.25, 0.3) is 16.8 Å². The number of carbonyl (C=O) groups excluding carboxylic acids is 1. The van der Waals surface area contributed by atoms with Gasteiger partial charge in [0.25, 0.3) is 5.56 Å². The second kappa shape index (κ2) is 9.20. The molecule has 4 aromatic rings. The van der Waals surface area contributed by atoms with Crippen LogP contribution in [0.4, 0.5) is 0 Å². The molecule has 0 spiro atoms. The molecule has 0 aliphatic heterocycles. The highest BCUT2D eigenvalue weighted by molar-refractivity contribution is 7.99. The van der Waals surface area contributed by atoms with Crippen LogP contribution in [0.1, 0.15) is 23.0 Å². The topological polar surface area (TPSA) is 85.7 Å². The Bertz CT molecular complexity index is 1260. The van der Waals surface area contributed by atoms with E-state index >= 15 is 0 Å². The fourth-order valence-electron chi connectivity index (χ4n) is 3.28. The number of aromatic nitrogens is 3. The second-order valence-electron chi connectivity index (χ2n) is 6.69. The Morgan fingerprint density at radius 3 is 2.48 bits per heavy atom. The number of methoxy groups -OCH3 is 1. The minimum atomic E-state index is -0.693. The van der Waals surface area contributed by atoms with Crippen molar-refractivity contribution >= 4 is 23.4 Å². The Morgan fingerprint density at radius 1 is 1.10 bits per heavy atom. The number of esters is 1. The first-order valence-electron chi connectivity index (χ1n) is 9.74. The Morgan fingerprint density at radius 2 is 1.81 bits per heavy atom. The lowest BCUT2D eigenvalue weighted by atomic mass is 10.1. The number of carbonyl (C=O) groups is 1. The third-order valence-corrected chi connectivity index (χ3v) is 5.66. The van der Waals surface area contributed by atoms with Crippen LogP contribution in [0.15, 0.2) is 75.4 Å². The Hall–Kier alpha value is -3.36. The van der Waals surface area contributed by atoms with E-state index in [1.165, 1.54) is 10.7 Å². The average Bonchev–Trinajstić information content (AvgIpc) is 3.15. The first kappa shape index (κ1) is 20.9. The number of nitrogens with zero attached hydrogens (tertiary/aromatic N) is 2. The third-order valence-electron chi connectivity index (χ3n) is 4.64. The zero-order valence-electron chi connectivity index (χ0n) is 17.1. The van der Waals surface area contributed by atoms with Gasteiger partial charge in [-0.2, -0.15) is 4.52 Å². The van der Waals surface area contributed by atoms with Gasteiger partial charge in [-0.15, -0.1) is 0 Å². The van der Waals surface area contributed by atoms with Gasteiger partial charge in [0.1, 0.15) is 5.56 Å². The van der Waals surface area contributed by atoms with E-state index in [0.29, 0.717) is 11.3 Å². The van der Waals surface area contributed by atoms with Crippen molar-refractivity contribution in [1.29, 1.82) is 0 Å². The molecule has 2 aromatic heterocycles. The number of H-pyrrole nitrogens is 1.